The third kappa shape index (κ3) is 4.37. The number of benzene rings is 2. The molecule has 2 aromatic carbocycles. The summed E-state index contributed by atoms with van der Waals surface area (Å²) in [4.78, 5) is 24.2. The average Bonchev–Trinajstić information content (AvgIpc) is 3.38. The number of hydrogen-bond donors (Lipinski definition) is 2. The van der Waals surface area contributed by atoms with Gasteiger partial charge in [-0.15, -0.1) is 0 Å². The molecule has 0 atom stereocenters. The molecule has 3 rings (SSSR count). The van der Waals surface area contributed by atoms with Crippen LogP contribution in [0.1, 0.15) is 39.1 Å². The van der Waals surface area contributed by atoms with Crippen molar-refractivity contribution in [1.82, 2.24) is 5.32 Å². The zero-order valence-electron chi connectivity index (χ0n) is 13.1. The molecule has 0 saturated heterocycles. The standard InChI is InChI=1S/C18H15F3N2O2/c19-18(20,21)13-6-4-11(5-7-13)16(24)23-15-3-1-2-12(10-15)17(25)22-14-8-9-14/h1-7,10,14H,8-9H2,(H,22,25)(H,23,24). The maximum atomic E-state index is 12.5. The topological polar surface area (TPSA) is 58.2 Å². The lowest BCUT2D eigenvalue weighted by molar-refractivity contribution is -0.137. The lowest BCUT2D eigenvalue weighted by atomic mass is 10.1. The molecule has 1 aliphatic carbocycles. The largest absolute Gasteiger partial charge is 0.416 e. The molecule has 1 fully saturated rings. The van der Waals surface area contributed by atoms with Gasteiger partial charge < -0.3 is 10.6 Å². The van der Waals surface area contributed by atoms with Gasteiger partial charge in [-0.2, -0.15) is 13.2 Å². The van der Waals surface area contributed by atoms with E-state index in [0.29, 0.717) is 11.3 Å². The van der Waals surface area contributed by atoms with Crippen molar-refractivity contribution in [3.05, 3.63) is 65.2 Å². The monoisotopic (exact) mass is 348 g/mol. The van der Waals surface area contributed by atoms with E-state index in [2.05, 4.69) is 10.6 Å². The molecule has 1 aliphatic rings. The Morgan fingerprint density at radius 3 is 2.20 bits per heavy atom. The number of carbonyl (C=O) groups is 2. The molecule has 2 N–H and O–H groups in total. The Labute approximate surface area is 142 Å². The van der Waals surface area contributed by atoms with Gasteiger partial charge in [0.15, 0.2) is 0 Å². The summed E-state index contributed by atoms with van der Waals surface area (Å²) in [5.74, 6) is -0.762. The van der Waals surface area contributed by atoms with Gasteiger partial charge in [-0.3, -0.25) is 9.59 Å². The second-order valence-corrected chi connectivity index (χ2v) is 5.86. The van der Waals surface area contributed by atoms with Crippen LogP contribution in [0.5, 0.6) is 0 Å². The minimum Gasteiger partial charge on any atom is -0.349 e. The lowest BCUT2D eigenvalue weighted by Gasteiger charge is -2.09. The van der Waals surface area contributed by atoms with E-state index in [-0.39, 0.29) is 17.5 Å². The highest BCUT2D eigenvalue weighted by Crippen LogP contribution is 2.29. The number of halogens is 3. The Morgan fingerprint density at radius 2 is 1.60 bits per heavy atom. The highest BCUT2D eigenvalue weighted by atomic mass is 19.4. The zero-order valence-corrected chi connectivity index (χ0v) is 13.1. The Bertz CT molecular complexity index is 797. The van der Waals surface area contributed by atoms with Gasteiger partial charge in [0.2, 0.25) is 0 Å². The molecule has 0 heterocycles. The first-order valence-corrected chi connectivity index (χ1v) is 7.72. The molecule has 2 amide bonds. The molecule has 2 aromatic rings. The van der Waals surface area contributed by atoms with Gasteiger partial charge in [0.25, 0.3) is 11.8 Å². The van der Waals surface area contributed by atoms with Crippen molar-refractivity contribution >= 4 is 17.5 Å². The first kappa shape index (κ1) is 17.0. The summed E-state index contributed by atoms with van der Waals surface area (Å²) < 4.78 is 37.6. The van der Waals surface area contributed by atoms with E-state index in [4.69, 9.17) is 0 Å². The summed E-state index contributed by atoms with van der Waals surface area (Å²) in [5.41, 5.74) is 0.0918. The quantitative estimate of drug-likeness (QED) is 0.882. The van der Waals surface area contributed by atoms with Crippen LogP contribution in [0.15, 0.2) is 48.5 Å². The SMILES string of the molecule is O=C(Nc1cccc(C(=O)NC2CC2)c1)c1ccc(C(F)(F)F)cc1. The molecule has 0 unspecified atom stereocenters. The van der Waals surface area contributed by atoms with E-state index < -0.39 is 17.6 Å². The van der Waals surface area contributed by atoms with Crippen LogP contribution in [0.3, 0.4) is 0 Å². The fraction of sp³-hybridized carbons (Fsp3) is 0.222. The maximum absolute atomic E-state index is 12.5. The van der Waals surface area contributed by atoms with Crippen molar-refractivity contribution in [2.75, 3.05) is 5.32 Å². The molecule has 0 bridgehead atoms. The van der Waals surface area contributed by atoms with Gasteiger partial charge in [-0.25, -0.2) is 0 Å². The van der Waals surface area contributed by atoms with Crippen molar-refractivity contribution in [2.45, 2.75) is 25.1 Å². The van der Waals surface area contributed by atoms with Crippen molar-refractivity contribution in [1.29, 1.82) is 0 Å². The summed E-state index contributed by atoms with van der Waals surface area (Å²) in [6.45, 7) is 0. The molecule has 130 valence electrons. The van der Waals surface area contributed by atoms with Gasteiger partial charge in [0.1, 0.15) is 0 Å². The van der Waals surface area contributed by atoms with Crippen molar-refractivity contribution in [3.8, 4) is 0 Å². The predicted octanol–water partition coefficient (Wildman–Crippen LogP) is 3.85. The van der Waals surface area contributed by atoms with Crippen LogP contribution in [0, 0.1) is 0 Å². The van der Waals surface area contributed by atoms with Crippen LogP contribution in [0.4, 0.5) is 18.9 Å². The van der Waals surface area contributed by atoms with E-state index in [1.807, 2.05) is 0 Å². The average molecular weight is 348 g/mol. The van der Waals surface area contributed by atoms with Crippen LogP contribution < -0.4 is 10.6 Å². The fourth-order valence-electron chi connectivity index (χ4n) is 2.25. The van der Waals surface area contributed by atoms with Gasteiger partial charge in [-0.1, -0.05) is 6.07 Å². The summed E-state index contributed by atoms with van der Waals surface area (Å²) in [6, 6.07) is 10.6. The smallest absolute Gasteiger partial charge is 0.349 e. The number of nitrogens with one attached hydrogen (secondary N) is 2. The minimum absolute atomic E-state index is 0.0980. The van der Waals surface area contributed by atoms with Crippen LogP contribution in [0.2, 0.25) is 0 Å². The number of hydrogen-bond acceptors (Lipinski definition) is 2. The Morgan fingerprint density at radius 1 is 0.920 bits per heavy atom. The number of alkyl halides is 3. The van der Waals surface area contributed by atoms with E-state index in [1.165, 1.54) is 6.07 Å². The van der Waals surface area contributed by atoms with Crippen molar-refractivity contribution in [2.24, 2.45) is 0 Å². The van der Waals surface area contributed by atoms with E-state index in [0.717, 1.165) is 37.1 Å². The Hall–Kier alpha value is -2.83. The lowest BCUT2D eigenvalue weighted by Crippen LogP contribution is -2.25. The molecule has 0 aromatic heterocycles. The highest BCUT2D eigenvalue weighted by Gasteiger charge is 2.30. The first-order chi connectivity index (χ1) is 11.8. The first-order valence-electron chi connectivity index (χ1n) is 7.72. The van der Waals surface area contributed by atoms with Gasteiger partial charge in [0, 0.05) is 22.9 Å². The van der Waals surface area contributed by atoms with Crippen molar-refractivity contribution < 1.29 is 22.8 Å². The Kier molecular flexibility index (Phi) is 4.48. The van der Waals surface area contributed by atoms with E-state index in [1.54, 1.807) is 18.2 Å². The number of anilines is 1. The molecule has 25 heavy (non-hydrogen) atoms. The molecular formula is C18H15F3N2O2. The van der Waals surface area contributed by atoms with E-state index >= 15 is 0 Å². The van der Waals surface area contributed by atoms with Crippen LogP contribution >= 0.6 is 0 Å². The predicted molar refractivity (Wildman–Crippen MR) is 86.3 cm³/mol. The Balaban J connectivity index is 1.69. The summed E-state index contributed by atoms with van der Waals surface area (Å²) >= 11 is 0. The molecule has 0 aliphatic heterocycles. The summed E-state index contributed by atoms with van der Waals surface area (Å²) in [5, 5.41) is 5.42. The normalized spacial score (nSPS) is 14.0. The summed E-state index contributed by atoms with van der Waals surface area (Å²) in [6.07, 6.45) is -2.51. The van der Waals surface area contributed by atoms with Gasteiger partial charge >= 0.3 is 6.18 Å². The molecule has 1 saturated carbocycles. The van der Waals surface area contributed by atoms with Crippen LogP contribution in [-0.2, 0) is 6.18 Å². The maximum Gasteiger partial charge on any atom is 0.416 e. The molecular weight excluding hydrogens is 333 g/mol. The molecule has 7 heteroatoms. The number of rotatable bonds is 4. The number of amides is 2. The third-order valence-electron chi connectivity index (χ3n) is 3.77. The molecule has 4 nitrogen and oxygen atoms in total. The summed E-state index contributed by atoms with van der Waals surface area (Å²) in [7, 11) is 0. The number of carbonyl (C=O) groups excluding carboxylic acids is 2. The molecule has 0 spiro atoms. The van der Waals surface area contributed by atoms with Crippen LogP contribution in [0.25, 0.3) is 0 Å². The van der Waals surface area contributed by atoms with Crippen molar-refractivity contribution in [3.63, 3.8) is 0 Å². The van der Waals surface area contributed by atoms with Crippen LogP contribution in [-0.4, -0.2) is 17.9 Å². The van der Waals surface area contributed by atoms with Gasteiger partial charge in [0.05, 0.1) is 5.56 Å². The van der Waals surface area contributed by atoms with E-state index in [9.17, 15) is 22.8 Å². The highest BCUT2D eigenvalue weighted by molar-refractivity contribution is 6.05. The second-order valence-electron chi connectivity index (χ2n) is 5.86. The fourth-order valence-corrected chi connectivity index (χ4v) is 2.25. The second kappa shape index (κ2) is 6.58. The third-order valence-corrected chi connectivity index (χ3v) is 3.77. The zero-order chi connectivity index (χ0) is 18.0. The molecule has 0 radical (unpaired) electrons. The minimum atomic E-state index is -4.45. The van der Waals surface area contributed by atoms with Gasteiger partial charge in [-0.05, 0) is 55.3 Å².